The van der Waals surface area contributed by atoms with Crippen LogP contribution in [0.1, 0.15) is 39.0 Å². The normalized spacial score (nSPS) is 30.5. The molecule has 0 saturated carbocycles. The highest BCUT2D eigenvalue weighted by Gasteiger charge is 2.13. The van der Waals surface area contributed by atoms with Crippen molar-refractivity contribution in [3.05, 3.63) is 0 Å². The first-order valence-electron chi connectivity index (χ1n) is 4.79. The van der Waals surface area contributed by atoms with Crippen LogP contribution in [-0.2, 0) is 0 Å². The van der Waals surface area contributed by atoms with Gasteiger partial charge in [-0.1, -0.05) is 19.3 Å². The van der Waals surface area contributed by atoms with E-state index in [4.69, 9.17) is 5.73 Å². The zero-order valence-corrected chi connectivity index (χ0v) is 7.47. The maximum absolute atomic E-state index is 5.83. The average Bonchev–Trinajstić information content (AvgIpc) is 1.84. The van der Waals surface area contributed by atoms with Gasteiger partial charge in [0.1, 0.15) is 0 Å². The fraction of sp³-hybridized carbons (Fsp3) is 1.00. The molecule has 11 heavy (non-hydrogen) atoms. The molecule has 66 valence electrons. The minimum absolute atomic E-state index is 0.313. The maximum Gasteiger partial charge on any atom is 0.0216 e. The Labute approximate surface area is 69.5 Å². The number of nitrogens with one attached hydrogen (secondary N) is 1. The summed E-state index contributed by atoms with van der Waals surface area (Å²) in [6.45, 7) is 3.26. The van der Waals surface area contributed by atoms with Crippen molar-refractivity contribution in [2.24, 2.45) is 5.73 Å². The Kier molecular flexibility index (Phi) is 3.87. The Hall–Kier alpha value is -0.0800. The third kappa shape index (κ3) is 3.21. The zero-order chi connectivity index (χ0) is 8.10. The van der Waals surface area contributed by atoms with Crippen LogP contribution in [0.4, 0.5) is 0 Å². The van der Waals surface area contributed by atoms with Crippen molar-refractivity contribution in [1.82, 2.24) is 5.32 Å². The number of rotatable bonds is 1. The van der Waals surface area contributed by atoms with E-state index < -0.39 is 0 Å². The summed E-state index contributed by atoms with van der Waals surface area (Å²) in [6, 6.07) is 0.878. The van der Waals surface area contributed by atoms with Crippen molar-refractivity contribution in [3.8, 4) is 0 Å². The molecule has 1 rings (SSSR count). The molecule has 0 aliphatic carbocycles. The van der Waals surface area contributed by atoms with Crippen LogP contribution in [-0.4, -0.2) is 18.6 Å². The van der Waals surface area contributed by atoms with Gasteiger partial charge < -0.3 is 11.1 Å². The highest BCUT2D eigenvalue weighted by Crippen LogP contribution is 2.10. The Morgan fingerprint density at radius 3 is 2.73 bits per heavy atom. The quantitative estimate of drug-likeness (QED) is 0.599. The summed E-state index contributed by atoms with van der Waals surface area (Å²) < 4.78 is 0. The van der Waals surface area contributed by atoms with Crippen molar-refractivity contribution in [1.29, 1.82) is 0 Å². The number of hydrogen-bond acceptors (Lipinski definition) is 2. The van der Waals surface area contributed by atoms with E-state index in [1.165, 1.54) is 32.1 Å². The molecular weight excluding hydrogens is 136 g/mol. The van der Waals surface area contributed by atoms with E-state index in [2.05, 4.69) is 12.2 Å². The van der Waals surface area contributed by atoms with E-state index in [9.17, 15) is 0 Å². The first kappa shape index (κ1) is 9.01. The Morgan fingerprint density at radius 1 is 1.27 bits per heavy atom. The molecule has 0 amide bonds. The molecule has 3 N–H and O–H groups in total. The van der Waals surface area contributed by atoms with Gasteiger partial charge in [0.25, 0.3) is 0 Å². The number of hydrogen-bond donors (Lipinski definition) is 2. The lowest BCUT2D eigenvalue weighted by Crippen LogP contribution is -2.44. The molecule has 1 aliphatic heterocycles. The summed E-state index contributed by atoms with van der Waals surface area (Å²) in [5.74, 6) is 0. The van der Waals surface area contributed by atoms with E-state index in [0.29, 0.717) is 12.1 Å². The van der Waals surface area contributed by atoms with Crippen molar-refractivity contribution < 1.29 is 0 Å². The van der Waals surface area contributed by atoms with Gasteiger partial charge in [0.05, 0.1) is 0 Å². The maximum atomic E-state index is 5.83. The molecule has 1 aliphatic rings. The van der Waals surface area contributed by atoms with Gasteiger partial charge in [0, 0.05) is 12.1 Å². The van der Waals surface area contributed by atoms with Gasteiger partial charge in [0.2, 0.25) is 0 Å². The molecule has 2 nitrogen and oxygen atoms in total. The van der Waals surface area contributed by atoms with Gasteiger partial charge >= 0.3 is 0 Å². The fourth-order valence-corrected chi connectivity index (χ4v) is 1.68. The third-order valence-electron chi connectivity index (χ3n) is 2.48. The zero-order valence-electron chi connectivity index (χ0n) is 7.47. The van der Waals surface area contributed by atoms with E-state index in [1.54, 1.807) is 0 Å². The van der Waals surface area contributed by atoms with Crippen molar-refractivity contribution in [3.63, 3.8) is 0 Å². The highest BCUT2D eigenvalue weighted by molar-refractivity contribution is 4.76. The summed E-state index contributed by atoms with van der Waals surface area (Å²) in [5.41, 5.74) is 5.83. The minimum atomic E-state index is 0.313. The van der Waals surface area contributed by atoms with Crippen LogP contribution in [0.25, 0.3) is 0 Å². The molecular formula is C9H20N2. The first-order chi connectivity index (χ1) is 5.30. The summed E-state index contributed by atoms with van der Waals surface area (Å²) >= 11 is 0. The highest BCUT2D eigenvalue weighted by atomic mass is 14.9. The molecule has 0 aromatic carbocycles. The predicted octanol–water partition coefficient (Wildman–Crippen LogP) is 1.26. The number of nitrogens with two attached hydrogens (primary N) is 1. The lowest BCUT2D eigenvalue weighted by molar-refractivity contribution is 0.378. The second-order valence-corrected chi connectivity index (χ2v) is 3.62. The van der Waals surface area contributed by atoms with Crippen LogP contribution in [0, 0.1) is 0 Å². The van der Waals surface area contributed by atoms with Crippen LogP contribution in [0.5, 0.6) is 0 Å². The van der Waals surface area contributed by atoms with Crippen LogP contribution < -0.4 is 11.1 Å². The van der Waals surface area contributed by atoms with E-state index in [1.807, 2.05) is 0 Å². The van der Waals surface area contributed by atoms with Crippen molar-refractivity contribution in [2.45, 2.75) is 51.1 Å². The molecule has 0 bridgehead atoms. The van der Waals surface area contributed by atoms with E-state index in [0.717, 1.165) is 6.54 Å². The van der Waals surface area contributed by atoms with Crippen LogP contribution >= 0.6 is 0 Å². The Balaban J connectivity index is 2.26. The van der Waals surface area contributed by atoms with Gasteiger partial charge in [-0.15, -0.1) is 0 Å². The topological polar surface area (TPSA) is 38.0 Å². The standard InChI is InChI=1S/C9H20N2/c1-8(10)9-6-4-2-3-5-7-11-9/h8-9,11H,2-7,10H2,1H3. The Bertz CT molecular complexity index is 93.7. The smallest absolute Gasteiger partial charge is 0.0216 e. The summed E-state index contributed by atoms with van der Waals surface area (Å²) in [6.07, 6.45) is 6.71. The van der Waals surface area contributed by atoms with Gasteiger partial charge in [-0.05, 0) is 26.3 Å². The first-order valence-corrected chi connectivity index (χ1v) is 4.79. The average molecular weight is 156 g/mol. The van der Waals surface area contributed by atoms with E-state index in [-0.39, 0.29) is 0 Å². The summed E-state index contributed by atoms with van der Waals surface area (Å²) in [7, 11) is 0. The molecule has 2 atom stereocenters. The van der Waals surface area contributed by atoms with Crippen LogP contribution in [0.2, 0.25) is 0 Å². The van der Waals surface area contributed by atoms with Crippen molar-refractivity contribution >= 4 is 0 Å². The molecule has 0 spiro atoms. The summed E-state index contributed by atoms with van der Waals surface area (Å²) in [4.78, 5) is 0. The molecule has 0 radical (unpaired) electrons. The van der Waals surface area contributed by atoms with Crippen LogP contribution in [0.15, 0.2) is 0 Å². The fourth-order valence-electron chi connectivity index (χ4n) is 1.68. The third-order valence-corrected chi connectivity index (χ3v) is 2.48. The molecule has 1 fully saturated rings. The predicted molar refractivity (Wildman–Crippen MR) is 48.5 cm³/mol. The molecule has 2 unspecified atom stereocenters. The SMILES string of the molecule is CC(N)C1CCCCCCN1. The van der Waals surface area contributed by atoms with Gasteiger partial charge in [0.15, 0.2) is 0 Å². The second kappa shape index (κ2) is 4.73. The summed E-state index contributed by atoms with van der Waals surface area (Å²) in [5, 5.41) is 3.50. The minimum Gasteiger partial charge on any atom is -0.327 e. The van der Waals surface area contributed by atoms with Gasteiger partial charge in [-0.3, -0.25) is 0 Å². The lowest BCUT2D eigenvalue weighted by atomic mass is 10.00. The molecule has 1 heterocycles. The molecule has 2 heteroatoms. The largest absolute Gasteiger partial charge is 0.327 e. The van der Waals surface area contributed by atoms with Gasteiger partial charge in [-0.25, -0.2) is 0 Å². The monoisotopic (exact) mass is 156 g/mol. The van der Waals surface area contributed by atoms with Crippen LogP contribution in [0.3, 0.4) is 0 Å². The van der Waals surface area contributed by atoms with E-state index >= 15 is 0 Å². The van der Waals surface area contributed by atoms with Gasteiger partial charge in [-0.2, -0.15) is 0 Å². The molecule has 0 aromatic rings. The van der Waals surface area contributed by atoms with Crippen molar-refractivity contribution in [2.75, 3.05) is 6.54 Å². The molecule has 0 aromatic heterocycles. The second-order valence-electron chi connectivity index (χ2n) is 3.62. The lowest BCUT2D eigenvalue weighted by Gasteiger charge is -2.24. The molecule has 1 saturated heterocycles. The Morgan fingerprint density at radius 2 is 2.00 bits per heavy atom.